The van der Waals surface area contributed by atoms with E-state index in [1.165, 1.54) is 20.8 Å². The van der Waals surface area contributed by atoms with Gasteiger partial charge in [-0.2, -0.15) is 0 Å². The van der Waals surface area contributed by atoms with E-state index >= 15 is 0 Å². The fraction of sp³-hybridized carbons (Fsp3) is 0.826. The maximum Gasteiger partial charge on any atom is 0.220 e. The van der Waals surface area contributed by atoms with Crippen LogP contribution in [0, 0.1) is 0 Å². The lowest BCUT2D eigenvalue weighted by Crippen LogP contribution is -2.69. The third-order valence-electron chi connectivity index (χ3n) is 6.92. The van der Waals surface area contributed by atoms with Crippen LogP contribution >= 0.6 is 0 Å². The van der Waals surface area contributed by atoms with Gasteiger partial charge in [0.25, 0.3) is 0 Å². The number of likely N-dealkylation sites (N-methyl/N-ethyl adjacent to an activating group) is 1. The number of aliphatic hydroxyl groups is 3. The molecule has 1 saturated heterocycles. The molecule has 2 aliphatic heterocycles. The molecule has 37 heavy (non-hydrogen) atoms. The highest BCUT2D eigenvalue weighted by Gasteiger charge is 2.51. The number of aliphatic hydroxyl groups excluding tert-OH is 2. The second kappa shape index (κ2) is 12.3. The number of nitrogens with one attached hydrogen (secondary N) is 3. The van der Waals surface area contributed by atoms with Crippen molar-refractivity contribution in [3.05, 3.63) is 11.8 Å². The van der Waals surface area contributed by atoms with Gasteiger partial charge in [-0.3, -0.25) is 9.59 Å². The molecule has 212 valence electrons. The molecule has 2 amide bonds. The van der Waals surface area contributed by atoms with Gasteiger partial charge in [0.05, 0.1) is 31.3 Å². The number of hydrogen-bond acceptors (Lipinski definition) is 12. The van der Waals surface area contributed by atoms with Crippen LogP contribution in [0.3, 0.4) is 0 Å². The minimum absolute atomic E-state index is 0.110. The number of rotatable bonds is 8. The number of ether oxygens (including phenoxy) is 4. The van der Waals surface area contributed by atoms with Crippen LogP contribution in [0.1, 0.15) is 33.6 Å². The van der Waals surface area contributed by atoms with Gasteiger partial charge in [-0.05, 0) is 32.9 Å². The molecule has 14 heteroatoms. The highest BCUT2D eigenvalue weighted by Crippen LogP contribution is 2.32. The first-order valence-electron chi connectivity index (χ1n) is 12.4. The Morgan fingerprint density at radius 2 is 1.73 bits per heavy atom. The molecule has 0 radical (unpaired) electrons. The van der Waals surface area contributed by atoms with E-state index in [-0.39, 0.29) is 31.4 Å². The van der Waals surface area contributed by atoms with Crippen molar-refractivity contribution in [1.29, 1.82) is 0 Å². The lowest BCUT2D eigenvalue weighted by atomic mass is 9.83. The van der Waals surface area contributed by atoms with Crippen molar-refractivity contribution in [1.82, 2.24) is 16.0 Å². The Morgan fingerprint density at radius 1 is 1.11 bits per heavy atom. The minimum Gasteiger partial charge on any atom is -0.466 e. The summed E-state index contributed by atoms with van der Waals surface area (Å²) in [6.07, 6.45) is -4.71. The average Bonchev–Trinajstić information content (AvgIpc) is 2.80. The van der Waals surface area contributed by atoms with Crippen molar-refractivity contribution in [3.63, 3.8) is 0 Å². The Bertz CT molecular complexity index is 843. The maximum atomic E-state index is 11.9. The first kappa shape index (κ1) is 29.7. The fourth-order valence-corrected chi connectivity index (χ4v) is 5.17. The molecule has 0 aromatic rings. The van der Waals surface area contributed by atoms with Crippen molar-refractivity contribution in [2.75, 3.05) is 20.2 Å². The zero-order valence-corrected chi connectivity index (χ0v) is 21.6. The Balaban J connectivity index is 1.82. The summed E-state index contributed by atoms with van der Waals surface area (Å²) < 4.78 is 23.6. The van der Waals surface area contributed by atoms with Crippen molar-refractivity contribution in [2.24, 2.45) is 11.5 Å². The van der Waals surface area contributed by atoms with Crippen LogP contribution in [0.4, 0.5) is 0 Å². The van der Waals surface area contributed by atoms with Gasteiger partial charge in [0.2, 0.25) is 18.1 Å². The molecule has 10 N–H and O–H groups in total. The van der Waals surface area contributed by atoms with Gasteiger partial charge in [-0.1, -0.05) is 0 Å². The zero-order chi connectivity index (χ0) is 27.5. The van der Waals surface area contributed by atoms with Crippen LogP contribution in [-0.2, 0) is 28.5 Å². The van der Waals surface area contributed by atoms with E-state index in [1.54, 1.807) is 13.1 Å². The highest BCUT2D eigenvalue weighted by atomic mass is 16.7. The van der Waals surface area contributed by atoms with Crippen LogP contribution in [-0.4, -0.2) is 114 Å². The molecule has 0 aromatic carbocycles. The van der Waals surface area contributed by atoms with Gasteiger partial charge >= 0.3 is 0 Å². The third kappa shape index (κ3) is 6.96. The van der Waals surface area contributed by atoms with Crippen molar-refractivity contribution in [3.8, 4) is 0 Å². The molecule has 1 aliphatic carbocycles. The molecule has 3 rings (SSSR count). The topological polar surface area (TPSA) is 220 Å². The maximum absolute atomic E-state index is 11.9. The molecule has 0 bridgehead atoms. The quantitative estimate of drug-likeness (QED) is 0.153. The van der Waals surface area contributed by atoms with Crippen LogP contribution in [0.5, 0.6) is 0 Å². The molecule has 0 spiro atoms. The summed E-state index contributed by atoms with van der Waals surface area (Å²) in [7, 11) is 1.59. The molecule has 11 atom stereocenters. The van der Waals surface area contributed by atoms with E-state index in [0.717, 1.165) is 0 Å². The van der Waals surface area contributed by atoms with Crippen molar-refractivity contribution < 1.29 is 43.9 Å². The summed E-state index contributed by atoms with van der Waals surface area (Å²) in [5.74, 6) is -0.189. The number of carbonyl (C=O) groups excluding carboxylic acids is 2. The van der Waals surface area contributed by atoms with E-state index in [9.17, 15) is 24.9 Å². The number of nitrogens with two attached hydrogens (primary N) is 2. The van der Waals surface area contributed by atoms with Crippen molar-refractivity contribution >= 4 is 11.8 Å². The molecule has 2 heterocycles. The fourth-order valence-electron chi connectivity index (χ4n) is 5.17. The smallest absolute Gasteiger partial charge is 0.220 e. The van der Waals surface area contributed by atoms with Gasteiger partial charge in [0, 0.05) is 19.9 Å². The summed E-state index contributed by atoms with van der Waals surface area (Å²) in [6, 6.07) is -2.82. The Kier molecular flexibility index (Phi) is 9.88. The van der Waals surface area contributed by atoms with Gasteiger partial charge in [-0.15, -0.1) is 0 Å². The second-order valence-electron chi connectivity index (χ2n) is 10.1. The first-order chi connectivity index (χ1) is 17.4. The molecule has 14 nitrogen and oxygen atoms in total. The van der Waals surface area contributed by atoms with Crippen LogP contribution < -0.4 is 27.4 Å². The summed E-state index contributed by atoms with van der Waals surface area (Å²) >= 11 is 0. The molecule has 1 saturated carbocycles. The predicted octanol–water partition coefficient (Wildman–Crippen LogP) is -3.50. The SMILES string of the molecule is CN[C@@H]1[C@@H](O)[C@@H](O[C@@H]2[C@@H](O)[C@H](O[C@H]3OC(CN)=CC[C@H]3NC(C)=O)[C@@H](NC(C)=O)C[C@H]2N)OC[C@]1(C)O. The predicted molar refractivity (Wildman–Crippen MR) is 129 cm³/mol. The van der Waals surface area contributed by atoms with Gasteiger partial charge in [0.15, 0.2) is 6.29 Å². The Labute approximate surface area is 216 Å². The Morgan fingerprint density at radius 3 is 2.32 bits per heavy atom. The Hall–Kier alpha value is -1.88. The summed E-state index contributed by atoms with van der Waals surface area (Å²) in [5.41, 5.74) is 10.7. The molecular weight excluding hydrogens is 490 g/mol. The molecule has 3 aliphatic rings. The van der Waals surface area contributed by atoms with E-state index in [1.807, 2.05) is 0 Å². The molecule has 0 unspecified atom stereocenters. The number of carbonyl (C=O) groups is 2. The minimum atomic E-state index is -1.39. The van der Waals surface area contributed by atoms with E-state index in [0.29, 0.717) is 12.2 Å². The molecular formula is C23H41N5O9. The lowest BCUT2D eigenvalue weighted by Gasteiger charge is -2.48. The number of hydrogen-bond donors (Lipinski definition) is 8. The normalized spacial score (nSPS) is 42.4. The highest BCUT2D eigenvalue weighted by molar-refractivity contribution is 5.73. The standard InChI is InChI=1S/C23H41N5O9/c1-10(29)27-14-6-5-12(8-24)35-21(14)37-19-15(28-11(2)30)7-13(25)18(16(19)31)36-22-17(32)20(26-4)23(3,33)9-34-22/h5,13-22,26,31-33H,6-9,24-25H2,1-4H3,(H,27,29)(H,28,30)/t13-,14-,15+,16-,17-,18+,19-,20-,21-,22-,23+/m1/s1. The monoisotopic (exact) mass is 531 g/mol. The van der Waals surface area contributed by atoms with E-state index < -0.39 is 66.8 Å². The first-order valence-corrected chi connectivity index (χ1v) is 12.4. The zero-order valence-electron chi connectivity index (χ0n) is 21.6. The van der Waals surface area contributed by atoms with Crippen LogP contribution in [0.15, 0.2) is 11.8 Å². The largest absolute Gasteiger partial charge is 0.466 e. The lowest BCUT2D eigenvalue weighted by molar-refractivity contribution is -0.303. The summed E-state index contributed by atoms with van der Waals surface area (Å²) in [6.45, 7) is 4.20. The van der Waals surface area contributed by atoms with Gasteiger partial charge < -0.3 is 61.7 Å². The van der Waals surface area contributed by atoms with E-state index in [2.05, 4.69) is 16.0 Å². The van der Waals surface area contributed by atoms with E-state index in [4.69, 9.17) is 30.4 Å². The van der Waals surface area contributed by atoms with Crippen LogP contribution in [0.25, 0.3) is 0 Å². The number of amides is 2. The third-order valence-corrected chi connectivity index (χ3v) is 6.92. The molecule has 0 aromatic heterocycles. The summed E-state index contributed by atoms with van der Waals surface area (Å²) in [4.78, 5) is 23.7. The van der Waals surface area contributed by atoms with Gasteiger partial charge in [-0.25, -0.2) is 0 Å². The second-order valence-corrected chi connectivity index (χ2v) is 10.1. The average molecular weight is 532 g/mol. The van der Waals surface area contributed by atoms with Crippen LogP contribution in [0.2, 0.25) is 0 Å². The van der Waals surface area contributed by atoms with Gasteiger partial charge in [0.1, 0.15) is 35.8 Å². The van der Waals surface area contributed by atoms with Crippen molar-refractivity contribution in [2.45, 2.75) is 100 Å². The summed E-state index contributed by atoms with van der Waals surface area (Å²) in [5, 5.41) is 41.1. The molecule has 2 fully saturated rings.